The van der Waals surface area contributed by atoms with Gasteiger partial charge in [0.1, 0.15) is 6.10 Å². The number of benzene rings is 1. The number of hydrogen-bond acceptors (Lipinski definition) is 3. The Balaban J connectivity index is 2.00. The van der Waals surface area contributed by atoms with E-state index in [1.807, 2.05) is 12.1 Å². The number of hydrogen-bond donors (Lipinski definition) is 0. The van der Waals surface area contributed by atoms with Crippen LogP contribution in [0, 0.1) is 0 Å². The van der Waals surface area contributed by atoms with E-state index >= 15 is 0 Å². The number of nitrogens with zero attached hydrogens (tertiary/aromatic N) is 1. The second-order valence-corrected chi connectivity index (χ2v) is 4.34. The number of Topliss-reactive ketones (excluding diaryl/α,β-unsaturated/α-hetero) is 1. The maximum atomic E-state index is 11.2. The summed E-state index contributed by atoms with van der Waals surface area (Å²) in [4.78, 5) is 23.9. The predicted octanol–water partition coefficient (Wildman–Crippen LogP) is 1.88. The molecule has 1 unspecified atom stereocenters. The highest BCUT2D eigenvalue weighted by molar-refractivity contribution is 5.94. The second kappa shape index (κ2) is 4.57. The summed E-state index contributed by atoms with van der Waals surface area (Å²) < 4.78 is 5.18. The number of likely N-dealkylation sites (N-methyl/N-ethyl adjacent to an activating group) is 1. The molecule has 0 bridgehead atoms. The minimum absolute atomic E-state index is 0.0589. The highest BCUT2D eigenvalue weighted by Gasteiger charge is 2.28. The Morgan fingerprint density at radius 2 is 2.06 bits per heavy atom. The van der Waals surface area contributed by atoms with E-state index in [1.165, 1.54) is 0 Å². The Labute approximate surface area is 100 Å². The molecule has 1 aromatic rings. The average molecular weight is 233 g/mol. The van der Waals surface area contributed by atoms with E-state index < -0.39 is 0 Å². The lowest BCUT2D eigenvalue weighted by Crippen LogP contribution is -2.20. The molecule has 0 N–H and O–H groups in total. The zero-order valence-electron chi connectivity index (χ0n) is 9.97. The zero-order chi connectivity index (χ0) is 12.4. The van der Waals surface area contributed by atoms with Crippen molar-refractivity contribution in [2.45, 2.75) is 19.4 Å². The fourth-order valence-corrected chi connectivity index (χ4v) is 1.89. The summed E-state index contributed by atoms with van der Waals surface area (Å²) in [6, 6.07) is 7.42. The van der Waals surface area contributed by atoms with Gasteiger partial charge in [0, 0.05) is 19.0 Å². The van der Waals surface area contributed by atoms with Gasteiger partial charge < -0.3 is 9.64 Å². The van der Waals surface area contributed by atoms with Gasteiger partial charge in [-0.3, -0.25) is 4.79 Å². The lowest BCUT2D eigenvalue weighted by Gasteiger charge is -2.08. The number of rotatable bonds is 3. The summed E-state index contributed by atoms with van der Waals surface area (Å²) in [5.41, 5.74) is 1.78. The highest BCUT2D eigenvalue weighted by atomic mass is 16.6. The van der Waals surface area contributed by atoms with Crippen LogP contribution in [0.1, 0.15) is 22.8 Å². The van der Waals surface area contributed by atoms with Crippen LogP contribution in [0.15, 0.2) is 24.3 Å². The Bertz CT molecular complexity index is 438. The molecule has 17 heavy (non-hydrogen) atoms. The van der Waals surface area contributed by atoms with Crippen molar-refractivity contribution in [2.24, 2.45) is 0 Å². The smallest absolute Gasteiger partial charge is 0.409 e. The van der Waals surface area contributed by atoms with Gasteiger partial charge in [-0.1, -0.05) is 24.3 Å². The first kappa shape index (κ1) is 11.6. The highest BCUT2D eigenvalue weighted by Crippen LogP contribution is 2.15. The van der Waals surface area contributed by atoms with Crippen LogP contribution in [0.4, 0.5) is 4.79 Å². The molecule has 2 rings (SSSR count). The quantitative estimate of drug-likeness (QED) is 0.749. The normalized spacial score (nSPS) is 19.3. The largest absolute Gasteiger partial charge is 0.444 e. The third kappa shape index (κ3) is 2.64. The molecular formula is C13H15NO3. The second-order valence-electron chi connectivity index (χ2n) is 4.34. The Kier molecular flexibility index (Phi) is 3.13. The minimum atomic E-state index is -0.268. The van der Waals surface area contributed by atoms with Crippen LogP contribution in [0.3, 0.4) is 0 Å². The number of carbonyl (C=O) groups excluding carboxylic acids is 2. The van der Waals surface area contributed by atoms with Crippen LogP contribution >= 0.6 is 0 Å². The van der Waals surface area contributed by atoms with Crippen LogP contribution in [0.5, 0.6) is 0 Å². The minimum Gasteiger partial charge on any atom is -0.444 e. The molecule has 4 heteroatoms. The van der Waals surface area contributed by atoms with E-state index in [-0.39, 0.29) is 18.0 Å². The third-order valence-corrected chi connectivity index (χ3v) is 2.88. The van der Waals surface area contributed by atoms with Crippen molar-refractivity contribution >= 4 is 11.9 Å². The summed E-state index contributed by atoms with van der Waals surface area (Å²) in [5.74, 6) is 0.0589. The number of ketones is 1. The van der Waals surface area contributed by atoms with E-state index in [9.17, 15) is 9.59 Å². The molecular weight excluding hydrogens is 218 g/mol. The monoisotopic (exact) mass is 233 g/mol. The molecule has 0 aliphatic carbocycles. The first-order chi connectivity index (χ1) is 8.06. The van der Waals surface area contributed by atoms with Crippen LogP contribution < -0.4 is 0 Å². The first-order valence-corrected chi connectivity index (χ1v) is 5.58. The van der Waals surface area contributed by atoms with E-state index in [0.717, 1.165) is 5.56 Å². The van der Waals surface area contributed by atoms with Gasteiger partial charge in [-0.05, 0) is 12.5 Å². The first-order valence-electron chi connectivity index (χ1n) is 5.58. The molecule has 0 spiro atoms. The van der Waals surface area contributed by atoms with Crippen LogP contribution in [-0.2, 0) is 11.2 Å². The van der Waals surface area contributed by atoms with Crippen LogP contribution in [0.25, 0.3) is 0 Å². The Morgan fingerprint density at radius 3 is 2.53 bits per heavy atom. The molecule has 1 amide bonds. The molecule has 0 aromatic heterocycles. The third-order valence-electron chi connectivity index (χ3n) is 2.88. The average Bonchev–Trinajstić information content (AvgIpc) is 2.58. The molecule has 1 atom stereocenters. The van der Waals surface area contributed by atoms with Crippen molar-refractivity contribution in [3.05, 3.63) is 35.4 Å². The molecule has 90 valence electrons. The summed E-state index contributed by atoms with van der Waals surface area (Å²) in [7, 11) is 1.72. The van der Waals surface area contributed by atoms with Crippen LogP contribution in [-0.4, -0.2) is 36.5 Å². The Hall–Kier alpha value is -1.84. The van der Waals surface area contributed by atoms with E-state index in [1.54, 1.807) is 31.0 Å². The van der Waals surface area contributed by atoms with Crippen molar-refractivity contribution in [1.29, 1.82) is 0 Å². The Morgan fingerprint density at radius 1 is 1.41 bits per heavy atom. The molecule has 1 aromatic carbocycles. The van der Waals surface area contributed by atoms with Gasteiger partial charge in [0.2, 0.25) is 0 Å². The fourth-order valence-electron chi connectivity index (χ4n) is 1.89. The van der Waals surface area contributed by atoms with Crippen molar-refractivity contribution in [2.75, 3.05) is 13.6 Å². The van der Waals surface area contributed by atoms with Gasteiger partial charge in [-0.2, -0.15) is 0 Å². The lowest BCUT2D eigenvalue weighted by atomic mass is 10.0. The standard InChI is InChI=1S/C13H15NO3/c1-9(15)11-5-3-10(4-6-11)7-12-8-14(2)13(16)17-12/h3-6,12H,7-8H2,1-2H3. The van der Waals surface area contributed by atoms with Gasteiger partial charge in [0.05, 0.1) is 6.54 Å². The van der Waals surface area contributed by atoms with Gasteiger partial charge >= 0.3 is 6.09 Å². The zero-order valence-corrected chi connectivity index (χ0v) is 9.97. The molecule has 0 radical (unpaired) electrons. The van der Waals surface area contributed by atoms with E-state index in [2.05, 4.69) is 0 Å². The van der Waals surface area contributed by atoms with Crippen molar-refractivity contribution in [1.82, 2.24) is 4.90 Å². The SMILES string of the molecule is CC(=O)c1ccc(CC2CN(C)C(=O)O2)cc1. The molecule has 1 fully saturated rings. The van der Waals surface area contributed by atoms with Gasteiger partial charge in [0.15, 0.2) is 5.78 Å². The maximum absolute atomic E-state index is 11.2. The molecule has 1 heterocycles. The topological polar surface area (TPSA) is 46.6 Å². The molecule has 1 saturated heterocycles. The van der Waals surface area contributed by atoms with E-state index in [0.29, 0.717) is 18.5 Å². The number of carbonyl (C=O) groups is 2. The number of amides is 1. The van der Waals surface area contributed by atoms with Crippen LogP contribution in [0.2, 0.25) is 0 Å². The molecule has 0 saturated carbocycles. The fraction of sp³-hybridized carbons (Fsp3) is 0.385. The van der Waals surface area contributed by atoms with Crippen molar-refractivity contribution < 1.29 is 14.3 Å². The van der Waals surface area contributed by atoms with Gasteiger partial charge in [0.25, 0.3) is 0 Å². The maximum Gasteiger partial charge on any atom is 0.409 e. The number of cyclic esters (lactones) is 1. The van der Waals surface area contributed by atoms with Gasteiger partial charge in [-0.15, -0.1) is 0 Å². The predicted molar refractivity (Wildman–Crippen MR) is 63.0 cm³/mol. The number of ether oxygens (including phenoxy) is 1. The van der Waals surface area contributed by atoms with Gasteiger partial charge in [-0.25, -0.2) is 4.79 Å². The molecule has 4 nitrogen and oxygen atoms in total. The van der Waals surface area contributed by atoms with Crippen molar-refractivity contribution in [3.8, 4) is 0 Å². The van der Waals surface area contributed by atoms with Crippen molar-refractivity contribution in [3.63, 3.8) is 0 Å². The van der Waals surface area contributed by atoms with E-state index in [4.69, 9.17) is 4.74 Å². The summed E-state index contributed by atoms with van der Waals surface area (Å²) >= 11 is 0. The summed E-state index contributed by atoms with van der Waals surface area (Å²) in [6.45, 7) is 2.16. The molecule has 1 aliphatic rings. The summed E-state index contributed by atoms with van der Waals surface area (Å²) in [5, 5.41) is 0. The summed E-state index contributed by atoms with van der Waals surface area (Å²) in [6.07, 6.45) is 0.333. The molecule has 1 aliphatic heterocycles. The lowest BCUT2D eigenvalue weighted by molar-refractivity contribution is 0.101.